The van der Waals surface area contributed by atoms with Crippen molar-refractivity contribution in [2.24, 2.45) is 0 Å². The topological polar surface area (TPSA) is 55.1 Å². The number of halogens is 2. The number of amides is 1. The van der Waals surface area contributed by atoms with Gasteiger partial charge < -0.3 is 11.1 Å². The quantitative estimate of drug-likeness (QED) is 0.835. The minimum atomic E-state index is -0.503. The van der Waals surface area contributed by atoms with Gasteiger partial charge in [-0.15, -0.1) is 0 Å². The molecule has 92 valence electrons. The average Bonchev–Trinajstić information content (AvgIpc) is 2.34. The summed E-state index contributed by atoms with van der Waals surface area (Å²) in [5.41, 5.74) is 6.40. The summed E-state index contributed by atoms with van der Waals surface area (Å²) >= 11 is 3.29. The van der Waals surface area contributed by atoms with E-state index in [1.54, 1.807) is 24.3 Å². The van der Waals surface area contributed by atoms with Crippen molar-refractivity contribution < 1.29 is 9.18 Å². The number of hydrogen-bond acceptors (Lipinski definition) is 2. The Kier molecular flexibility index (Phi) is 3.62. The molecule has 5 heteroatoms. The summed E-state index contributed by atoms with van der Waals surface area (Å²) in [5, 5.41) is 2.64. The molecule has 0 aliphatic carbocycles. The third-order valence-corrected chi connectivity index (χ3v) is 2.89. The van der Waals surface area contributed by atoms with Crippen LogP contribution < -0.4 is 11.1 Å². The second-order valence-electron chi connectivity index (χ2n) is 3.70. The lowest BCUT2D eigenvalue weighted by atomic mass is 10.2. The van der Waals surface area contributed by atoms with Crippen molar-refractivity contribution in [2.45, 2.75) is 0 Å². The molecular formula is C13H10BrFN2O. The molecule has 0 radical (unpaired) electrons. The molecule has 18 heavy (non-hydrogen) atoms. The van der Waals surface area contributed by atoms with E-state index in [1.807, 2.05) is 0 Å². The van der Waals surface area contributed by atoms with Crippen LogP contribution in [0.2, 0.25) is 0 Å². The maximum absolute atomic E-state index is 13.0. The number of rotatable bonds is 2. The first-order valence-electron chi connectivity index (χ1n) is 5.18. The zero-order valence-electron chi connectivity index (χ0n) is 9.28. The van der Waals surface area contributed by atoms with Crippen LogP contribution in [0.1, 0.15) is 10.4 Å². The predicted molar refractivity (Wildman–Crippen MR) is 72.9 cm³/mol. The van der Waals surface area contributed by atoms with E-state index in [2.05, 4.69) is 21.2 Å². The van der Waals surface area contributed by atoms with Gasteiger partial charge in [0.05, 0.1) is 5.69 Å². The van der Waals surface area contributed by atoms with Gasteiger partial charge >= 0.3 is 0 Å². The minimum Gasteiger partial charge on any atom is -0.396 e. The van der Waals surface area contributed by atoms with E-state index in [4.69, 9.17) is 5.73 Å². The number of nitrogen functional groups attached to an aromatic ring is 1. The van der Waals surface area contributed by atoms with Crippen LogP contribution in [0.4, 0.5) is 15.8 Å². The SMILES string of the molecule is Nc1cc(NC(=O)c2ccc(Br)cc2)ccc1F. The second-order valence-corrected chi connectivity index (χ2v) is 4.61. The molecule has 0 unspecified atom stereocenters. The first-order valence-corrected chi connectivity index (χ1v) is 5.97. The van der Waals surface area contributed by atoms with Gasteiger partial charge in [0.1, 0.15) is 5.82 Å². The third-order valence-electron chi connectivity index (χ3n) is 2.36. The molecular weight excluding hydrogens is 299 g/mol. The molecule has 0 aliphatic heterocycles. The fourth-order valence-corrected chi connectivity index (χ4v) is 1.69. The van der Waals surface area contributed by atoms with Gasteiger partial charge in [-0.1, -0.05) is 15.9 Å². The van der Waals surface area contributed by atoms with Gasteiger partial charge in [0, 0.05) is 15.7 Å². The highest BCUT2D eigenvalue weighted by Gasteiger charge is 2.07. The maximum Gasteiger partial charge on any atom is 0.255 e. The number of nitrogens with two attached hydrogens (primary N) is 1. The summed E-state index contributed by atoms with van der Waals surface area (Å²) < 4.78 is 13.9. The molecule has 0 fully saturated rings. The fraction of sp³-hybridized carbons (Fsp3) is 0. The molecule has 0 saturated carbocycles. The molecule has 0 atom stereocenters. The van der Waals surface area contributed by atoms with Crippen LogP contribution in [0.5, 0.6) is 0 Å². The van der Waals surface area contributed by atoms with E-state index in [9.17, 15) is 9.18 Å². The molecule has 0 aliphatic rings. The molecule has 2 aromatic rings. The van der Waals surface area contributed by atoms with Crippen LogP contribution in [-0.2, 0) is 0 Å². The Morgan fingerprint density at radius 2 is 1.83 bits per heavy atom. The molecule has 0 bridgehead atoms. The van der Waals surface area contributed by atoms with Crippen LogP contribution in [0.15, 0.2) is 46.9 Å². The summed E-state index contributed by atoms with van der Waals surface area (Å²) in [4.78, 5) is 11.9. The Bertz CT molecular complexity index is 584. The maximum atomic E-state index is 13.0. The predicted octanol–water partition coefficient (Wildman–Crippen LogP) is 3.42. The van der Waals surface area contributed by atoms with Gasteiger partial charge in [-0.2, -0.15) is 0 Å². The Labute approximate surface area is 112 Å². The lowest BCUT2D eigenvalue weighted by molar-refractivity contribution is 0.102. The highest BCUT2D eigenvalue weighted by molar-refractivity contribution is 9.10. The highest BCUT2D eigenvalue weighted by atomic mass is 79.9. The Morgan fingerprint density at radius 1 is 1.17 bits per heavy atom. The Morgan fingerprint density at radius 3 is 2.44 bits per heavy atom. The number of hydrogen-bond donors (Lipinski definition) is 2. The monoisotopic (exact) mass is 308 g/mol. The Balaban J connectivity index is 2.16. The Hall–Kier alpha value is -1.88. The molecule has 3 N–H and O–H groups in total. The van der Waals surface area contributed by atoms with Crippen molar-refractivity contribution >= 4 is 33.2 Å². The van der Waals surface area contributed by atoms with Crippen molar-refractivity contribution in [3.63, 3.8) is 0 Å². The van der Waals surface area contributed by atoms with Crippen LogP contribution in [0.25, 0.3) is 0 Å². The lowest BCUT2D eigenvalue weighted by Crippen LogP contribution is -2.12. The van der Waals surface area contributed by atoms with Crippen molar-refractivity contribution in [1.29, 1.82) is 0 Å². The van der Waals surface area contributed by atoms with Crippen LogP contribution >= 0.6 is 15.9 Å². The smallest absolute Gasteiger partial charge is 0.255 e. The molecule has 1 amide bonds. The van der Waals surface area contributed by atoms with Crippen molar-refractivity contribution in [2.75, 3.05) is 11.1 Å². The summed E-state index contributed by atoms with van der Waals surface area (Å²) in [7, 11) is 0. The van der Waals surface area contributed by atoms with Crippen molar-refractivity contribution in [3.8, 4) is 0 Å². The first kappa shape index (κ1) is 12.6. The van der Waals surface area contributed by atoms with Crippen LogP contribution in [0.3, 0.4) is 0 Å². The molecule has 2 aromatic carbocycles. The largest absolute Gasteiger partial charge is 0.396 e. The number of anilines is 2. The first-order chi connectivity index (χ1) is 8.56. The molecule has 3 nitrogen and oxygen atoms in total. The molecule has 2 rings (SSSR count). The van der Waals surface area contributed by atoms with E-state index in [1.165, 1.54) is 18.2 Å². The standard InChI is InChI=1S/C13H10BrFN2O/c14-9-3-1-8(2-4-9)13(18)17-10-5-6-11(15)12(16)7-10/h1-7H,16H2,(H,17,18). The van der Waals surface area contributed by atoms with E-state index < -0.39 is 5.82 Å². The van der Waals surface area contributed by atoms with Gasteiger partial charge in [-0.05, 0) is 42.5 Å². The summed E-state index contributed by atoms with van der Waals surface area (Å²) in [5.74, 6) is -0.773. The van der Waals surface area contributed by atoms with Crippen molar-refractivity contribution in [3.05, 3.63) is 58.3 Å². The fourth-order valence-electron chi connectivity index (χ4n) is 1.43. The second kappa shape index (κ2) is 5.18. The van der Waals surface area contributed by atoms with Crippen molar-refractivity contribution in [1.82, 2.24) is 0 Å². The average molecular weight is 309 g/mol. The number of carbonyl (C=O) groups is 1. The van der Waals surface area contributed by atoms with E-state index in [-0.39, 0.29) is 11.6 Å². The van der Waals surface area contributed by atoms with E-state index >= 15 is 0 Å². The molecule has 0 aromatic heterocycles. The summed E-state index contributed by atoms with van der Waals surface area (Å²) in [6.45, 7) is 0. The van der Waals surface area contributed by atoms with Gasteiger partial charge in [0.15, 0.2) is 0 Å². The summed E-state index contributed by atoms with van der Waals surface area (Å²) in [6.07, 6.45) is 0. The molecule has 0 heterocycles. The van der Waals surface area contributed by atoms with Gasteiger partial charge in [0.25, 0.3) is 5.91 Å². The van der Waals surface area contributed by atoms with Crippen LogP contribution in [-0.4, -0.2) is 5.91 Å². The molecule has 0 spiro atoms. The van der Waals surface area contributed by atoms with Gasteiger partial charge in [-0.25, -0.2) is 4.39 Å². The highest BCUT2D eigenvalue weighted by Crippen LogP contribution is 2.17. The number of nitrogens with one attached hydrogen (secondary N) is 1. The van der Waals surface area contributed by atoms with Gasteiger partial charge in [-0.3, -0.25) is 4.79 Å². The minimum absolute atomic E-state index is 0.00334. The van der Waals surface area contributed by atoms with E-state index in [0.29, 0.717) is 11.3 Å². The zero-order chi connectivity index (χ0) is 13.1. The molecule has 0 saturated heterocycles. The van der Waals surface area contributed by atoms with Crippen LogP contribution in [0, 0.1) is 5.82 Å². The third kappa shape index (κ3) is 2.87. The van der Waals surface area contributed by atoms with Gasteiger partial charge in [0.2, 0.25) is 0 Å². The lowest BCUT2D eigenvalue weighted by Gasteiger charge is -2.06. The van der Waals surface area contributed by atoms with E-state index in [0.717, 1.165) is 4.47 Å². The number of benzene rings is 2. The normalized spacial score (nSPS) is 10.1. The zero-order valence-corrected chi connectivity index (χ0v) is 10.9. The summed E-state index contributed by atoms with van der Waals surface area (Å²) in [6, 6.07) is 11.0. The number of carbonyl (C=O) groups excluding carboxylic acids is 1.